The molecule has 5 atom stereocenters. The first-order valence-electron chi connectivity index (χ1n) is 10.6. The number of likely N-dealkylation sites (tertiary alicyclic amines) is 2. The number of rotatable bonds is 4. The molecule has 0 radical (unpaired) electrons. The SMILES string of the molecule is CC1CN(C2CCC2C2CCCC2N2CCCC(C(C)C)C2)C1. The molecule has 23 heavy (non-hydrogen) atoms. The predicted octanol–water partition coefficient (Wildman–Crippen LogP) is 4.25. The first-order chi connectivity index (χ1) is 11.1. The first-order valence-corrected chi connectivity index (χ1v) is 10.6. The Morgan fingerprint density at radius 1 is 0.739 bits per heavy atom. The molecule has 2 saturated heterocycles. The maximum atomic E-state index is 2.94. The van der Waals surface area contributed by atoms with Gasteiger partial charge in [0, 0.05) is 31.7 Å². The second-order valence-electron chi connectivity index (χ2n) is 9.67. The molecule has 0 aromatic rings. The van der Waals surface area contributed by atoms with Crippen molar-refractivity contribution in [3.63, 3.8) is 0 Å². The minimum absolute atomic E-state index is 0.872. The van der Waals surface area contributed by atoms with Crippen LogP contribution in [0.1, 0.15) is 65.7 Å². The molecule has 0 amide bonds. The van der Waals surface area contributed by atoms with Gasteiger partial charge in [-0.25, -0.2) is 0 Å². The van der Waals surface area contributed by atoms with Crippen molar-refractivity contribution in [3.8, 4) is 0 Å². The van der Waals surface area contributed by atoms with Crippen LogP contribution in [0, 0.1) is 29.6 Å². The van der Waals surface area contributed by atoms with Gasteiger partial charge in [-0.2, -0.15) is 0 Å². The van der Waals surface area contributed by atoms with E-state index >= 15 is 0 Å². The van der Waals surface area contributed by atoms with E-state index < -0.39 is 0 Å². The zero-order valence-corrected chi connectivity index (χ0v) is 15.7. The van der Waals surface area contributed by atoms with Gasteiger partial charge in [-0.15, -0.1) is 0 Å². The van der Waals surface area contributed by atoms with E-state index in [9.17, 15) is 0 Å². The van der Waals surface area contributed by atoms with Crippen LogP contribution in [0.25, 0.3) is 0 Å². The molecule has 4 fully saturated rings. The highest BCUT2D eigenvalue weighted by Gasteiger charge is 2.48. The van der Waals surface area contributed by atoms with Crippen LogP contribution in [-0.4, -0.2) is 48.1 Å². The maximum absolute atomic E-state index is 2.94. The van der Waals surface area contributed by atoms with E-state index in [1.807, 2.05) is 0 Å². The van der Waals surface area contributed by atoms with E-state index in [4.69, 9.17) is 0 Å². The summed E-state index contributed by atoms with van der Waals surface area (Å²) >= 11 is 0. The molecule has 0 bridgehead atoms. The van der Waals surface area contributed by atoms with Gasteiger partial charge in [0.15, 0.2) is 0 Å². The van der Waals surface area contributed by atoms with Crippen LogP contribution in [-0.2, 0) is 0 Å². The Labute approximate surface area is 144 Å². The molecule has 2 nitrogen and oxygen atoms in total. The van der Waals surface area contributed by atoms with Gasteiger partial charge < -0.3 is 0 Å². The normalized spacial score (nSPS) is 43.6. The molecule has 4 rings (SSSR count). The summed E-state index contributed by atoms with van der Waals surface area (Å²) in [4.78, 5) is 5.77. The lowest BCUT2D eigenvalue weighted by Gasteiger charge is -2.54. The van der Waals surface area contributed by atoms with Crippen molar-refractivity contribution >= 4 is 0 Å². The van der Waals surface area contributed by atoms with Crippen molar-refractivity contribution in [2.24, 2.45) is 29.6 Å². The summed E-state index contributed by atoms with van der Waals surface area (Å²) in [6.07, 6.45) is 10.5. The lowest BCUT2D eigenvalue weighted by atomic mass is 9.67. The molecule has 2 heteroatoms. The second-order valence-corrected chi connectivity index (χ2v) is 9.67. The van der Waals surface area contributed by atoms with Gasteiger partial charge in [0.05, 0.1) is 0 Å². The highest BCUT2D eigenvalue weighted by atomic mass is 15.2. The Balaban J connectivity index is 1.38. The van der Waals surface area contributed by atoms with Gasteiger partial charge in [-0.05, 0) is 74.7 Å². The Hall–Kier alpha value is -0.0800. The molecule has 2 aliphatic carbocycles. The molecular formula is C21H38N2. The minimum atomic E-state index is 0.872. The topological polar surface area (TPSA) is 6.48 Å². The van der Waals surface area contributed by atoms with Crippen LogP contribution in [0.2, 0.25) is 0 Å². The molecule has 0 aromatic carbocycles. The van der Waals surface area contributed by atoms with Crippen molar-refractivity contribution in [2.75, 3.05) is 26.2 Å². The minimum Gasteiger partial charge on any atom is -0.300 e. The van der Waals surface area contributed by atoms with Crippen LogP contribution >= 0.6 is 0 Å². The smallest absolute Gasteiger partial charge is 0.0127 e. The molecule has 2 heterocycles. The van der Waals surface area contributed by atoms with E-state index in [1.54, 1.807) is 0 Å². The van der Waals surface area contributed by atoms with Gasteiger partial charge >= 0.3 is 0 Å². The third kappa shape index (κ3) is 3.11. The van der Waals surface area contributed by atoms with Crippen molar-refractivity contribution in [1.29, 1.82) is 0 Å². The molecular weight excluding hydrogens is 280 g/mol. The Bertz CT molecular complexity index is 401. The van der Waals surface area contributed by atoms with E-state index in [1.165, 1.54) is 71.1 Å². The monoisotopic (exact) mass is 318 g/mol. The Morgan fingerprint density at radius 3 is 2.13 bits per heavy atom. The lowest BCUT2D eigenvalue weighted by molar-refractivity contribution is -0.0523. The fourth-order valence-electron chi connectivity index (χ4n) is 6.29. The number of piperidine rings is 1. The molecule has 132 valence electrons. The van der Waals surface area contributed by atoms with Gasteiger partial charge in [0.2, 0.25) is 0 Å². The molecule has 0 spiro atoms. The number of nitrogens with zero attached hydrogens (tertiary/aromatic N) is 2. The highest BCUT2D eigenvalue weighted by Crippen LogP contribution is 2.48. The van der Waals surface area contributed by atoms with Crippen molar-refractivity contribution in [2.45, 2.75) is 77.8 Å². The fourth-order valence-corrected chi connectivity index (χ4v) is 6.29. The number of hydrogen-bond acceptors (Lipinski definition) is 2. The molecule has 4 aliphatic rings. The van der Waals surface area contributed by atoms with Crippen LogP contribution < -0.4 is 0 Å². The van der Waals surface area contributed by atoms with Crippen molar-refractivity contribution < 1.29 is 0 Å². The predicted molar refractivity (Wildman–Crippen MR) is 97.5 cm³/mol. The van der Waals surface area contributed by atoms with E-state index in [0.717, 1.165) is 41.7 Å². The van der Waals surface area contributed by atoms with Crippen LogP contribution in [0.3, 0.4) is 0 Å². The second kappa shape index (κ2) is 6.67. The van der Waals surface area contributed by atoms with Gasteiger partial charge in [-0.1, -0.05) is 27.2 Å². The average Bonchev–Trinajstić information content (AvgIpc) is 2.93. The zero-order valence-electron chi connectivity index (χ0n) is 15.7. The van der Waals surface area contributed by atoms with Crippen molar-refractivity contribution in [3.05, 3.63) is 0 Å². The van der Waals surface area contributed by atoms with Crippen LogP contribution in [0.15, 0.2) is 0 Å². The maximum Gasteiger partial charge on any atom is 0.0127 e. The van der Waals surface area contributed by atoms with Gasteiger partial charge in [0.25, 0.3) is 0 Å². The summed E-state index contributed by atoms with van der Waals surface area (Å²) in [5, 5.41) is 0. The lowest BCUT2D eigenvalue weighted by Crippen LogP contribution is -2.60. The Morgan fingerprint density at radius 2 is 1.48 bits per heavy atom. The van der Waals surface area contributed by atoms with Crippen LogP contribution in [0.4, 0.5) is 0 Å². The summed E-state index contributed by atoms with van der Waals surface area (Å²) < 4.78 is 0. The average molecular weight is 319 g/mol. The quantitative estimate of drug-likeness (QED) is 0.764. The van der Waals surface area contributed by atoms with Gasteiger partial charge in [0.1, 0.15) is 0 Å². The molecule has 5 unspecified atom stereocenters. The summed E-state index contributed by atoms with van der Waals surface area (Å²) in [6, 6.07) is 1.89. The zero-order chi connectivity index (χ0) is 16.0. The summed E-state index contributed by atoms with van der Waals surface area (Å²) in [6.45, 7) is 12.9. The summed E-state index contributed by atoms with van der Waals surface area (Å²) in [5.41, 5.74) is 0. The largest absolute Gasteiger partial charge is 0.300 e. The van der Waals surface area contributed by atoms with Crippen LogP contribution in [0.5, 0.6) is 0 Å². The Kier molecular flexibility index (Phi) is 4.75. The van der Waals surface area contributed by atoms with Gasteiger partial charge in [-0.3, -0.25) is 9.80 Å². The standard InChI is InChI=1S/C21H38N2/c1-15(2)17-6-5-11-22(14-17)20-8-4-7-18(20)19-9-10-21(19)23-12-16(3)13-23/h15-21H,4-14H2,1-3H3. The van der Waals surface area contributed by atoms with Crippen molar-refractivity contribution in [1.82, 2.24) is 9.80 Å². The third-order valence-corrected chi connectivity index (χ3v) is 7.83. The molecule has 0 N–H and O–H groups in total. The third-order valence-electron chi connectivity index (χ3n) is 7.83. The first kappa shape index (κ1) is 16.4. The number of hydrogen-bond donors (Lipinski definition) is 0. The van der Waals surface area contributed by atoms with E-state index in [0.29, 0.717) is 0 Å². The molecule has 2 saturated carbocycles. The fraction of sp³-hybridized carbons (Fsp3) is 1.00. The molecule has 0 aromatic heterocycles. The summed E-state index contributed by atoms with van der Waals surface area (Å²) in [5.74, 6) is 4.85. The summed E-state index contributed by atoms with van der Waals surface area (Å²) in [7, 11) is 0. The highest BCUT2D eigenvalue weighted by molar-refractivity contribution is 5.02. The molecule has 2 aliphatic heterocycles. The van der Waals surface area contributed by atoms with E-state index in [-0.39, 0.29) is 0 Å². The van der Waals surface area contributed by atoms with E-state index in [2.05, 4.69) is 30.6 Å².